The SMILES string of the molecule is CC1(C)OB(c2ccc(Oc3nc4ccc(C(=O)O)cc4n3CC3CCO3)c(F)c2)OC1(C)C. The number of aromatic carboxylic acids is 1. The minimum absolute atomic E-state index is 0.00944. The Labute approximate surface area is 196 Å². The smallest absolute Gasteiger partial charge is 0.478 e. The molecule has 0 aliphatic carbocycles. The number of halogens is 1. The van der Waals surface area contributed by atoms with Gasteiger partial charge in [0.05, 0.1) is 40.4 Å². The molecule has 34 heavy (non-hydrogen) atoms. The topological polar surface area (TPSA) is 92.0 Å². The van der Waals surface area contributed by atoms with Crippen molar-refractivity contribution in [2.24, 2.45) is 0 Å². The van der Waals surface area contributed by atoms with E-state index in [9.17, 15) is 9.90 Å². The fourth-order valence-corrected chi connectivity index (χ4v) is 3.94. The van der Waals surface area contributed by atoms with E-state index in [4.69, 9.17) is 18.8 Å². The molecule has 178 valence electrons. The van der Waals surface area contributed by atoms with Crippen molar-refractivity contribution >= 4 is 29.6 Å². The standard InChI is InChI=1S/C24H26BFN2O6/c1-23(2)24(3,4)34-25(33-23)15-6-8-20(17(26)12-15)32-22-27-18-7-5-14(21(29)30)11-19(18)28(22)13-16-9-10-31-16/h5-8,11-12,16H,9-10,13H2,1-4H3,(H,29,30). The molecule has 3 heterocycles. The number of rotatable bonds is 6. The van der Waals surface area contributed by atoms with E-state index in [-0.39, 0.29) is 23.4 Å². The largest absolute Gasteiger partial charge is 0.494 e. The molecule has 2 aromatic carbocycles. The van der Waals surface area contributed by atoms with Crippen LogP contribution in [0, 0.1) is 5.82 Å². The van der Waals surface area contributed by atoms with Gasteiger partial charge in [-0.3, -0.25) is 4.57 Å². The number of carboxylic acids is 1. The number of benzene rings is 2. The van der Waals surface area contributed by atoms with Gasteiger partial charge in [0.1, 0.15) is 0 Å². The number of aromatic nitrogens is 2. The van der Waals surface area contributed by atoms with Crippen molar-refractivity contribution in [2.75, 3.05) is 6.61 Å². The van der Waals surface area contributed by atoms with E-state index in [2.05, 4.69) is 4.98 Å². The lowest BCUT2D eigenvalue weighted by atomic mass is 9.79. The van der Waals surface area contributed by atoms with Crippen molar-refractivity contribution in [3.63, 3.8) is 0 Å². The first-order valence-electron chi connectivity index (χ1n) is 11.2. The average molecular weight is 468 g/mol. The lowest BCUT2D eigenvalue weighted by molar-refractivity contribution is -0.0593. The van der Waals surface area contributed by atoms with Crippen LogP contribution in [-0.4, -0.2) is 51.7 Å². The normalized spacial score (nSPS) is 21.0. The van der Waals surface area contributed by atoms with E-state index in [1.54, 1.807) is 16.7 Å². The quantitative estimate of drug-likeness (QED) is 0.551. The van der Waals surface area contributed by atoms with Gasteiger partial charge in [-0.05, 0) is 69.9 Å². The van der Waals surface area contributed by atoms with Crippen LogP contribution in [0.25, 0.3) is 11.0 Å². The Kier molecular flexibility index (Phi) is 5.42. The minimum atomic E-state index is -1.04. The summed E-state index contributed by atoms with van der Waals surface area (Å²) in [6.45, 7) is 8.84. The summed E-state index contributed by atoms with van der Waals surface area (Å²) in [5.74, 6) is -1.64. The molecule has 1 unspecified atom stereocenters. The van der Waals surface area contributed by atoms with Crippen LogP contribution < -0.4 is 10.2 Å². The monoisotopic (exact) mass is 468 g/mol. The highest BCUT2D eigenvalue weighted by atomic mass is 19.1. The third-order valence-electron chi connectivity index (χ3n) is 6.82. The van der Waals surface area contributed by atoms with Gasteiger partial charge in [-0.15, -0.1) is 0 Å². The lowest BCUT2D eigenvalue weighted by Gasteiger charge is -2.32. The number of nitrogens with zero attached hydrogens (tertiary/aromatic N) is 2. The number of ether oxygens (including phenoxy) is 2. The maximum atomic E-state index is 15.1. The van der Waals surface area contributed by atoms with E-state index in [0.29, 0.717) is 29.6 Å². The van der Waals surface area contributed by atoms with Gasteiger partial charge in [-0.2, -0.15) is 4.98 Å². The van der Waals surface area contributed by atoms with Crippen molar-refractivity contribution in [3.05, 3.63) is 47.8 Å². The van der Waals surface area contributed by atoms with Crippen LogP contribution >= 0.6 is 0 Å². The van der Waals surface area contributed by atoms with Crippen LogP contribution in [0.2, 0.25) is 0 Å². The Bertz CT molecular complexity index is 1250. The summed E-state index contributed by atoms with van der Waals surface area (Å²) in [4.78, 5) is 15.9. The Morgan fingerprint density at radius 1 is 1.21 bits per heavy atom. The lowest BCUT2D eigenvalue weighted by Crippen LogP contribution is -2.41. The van der Waals surface area contributed by atoms with Crippen LogP contribution in [0.1, 0.15) is 44.5 Å². The second kappa shape index (κ2) is 8.07. The van der Waals surface area contributed by atoms with Gasteiger partial charge >= 0.3 is 19.1 Å². The first kappa shape index (κ1) is 22.8. The summed E-state index contributed by atoms with van der Waals surface area (Å²) in [6.07, 6.45) is 0.832. The molecule has 2 fully saturated rings. The molecule has 8 nitrogen and oxygen atoms in total. The molecule has 2 aliphatic heterocycles. The third kappa shape index (κ3) is 3.95. The van der Waals surface area contributed by atoms with E-state index in [1.165, 1.54) is 24.3 Å². The summed E-state index contributed by atoms with van der Waals surface area (Å²) in [7, 11) is -0.691. The van der Waals surface area contributed by atoms with E-state index < -0.39 is 30.1 Å². The maximum absolute atomic E-state index is 15.1. The van der Waals surface area contributed by atoms with Gasteiger partial charge < -0.3 is 23.9 Å². The van der Waals surface area contributed by atoms with Crippen molar-refractivity contribution in [1.29, 1.82) is 0 Å². The zero-order valence-electron chi connectivity index (χ0n) is 19.5. The van der Waals surface area contributed by atoms with Crippen LogP contribution in [0.5, 0.6) is 11.8 Å². The fraction of sp³-hybridized carbons (Fsp3) is 0.417. The average Bonchev–Trinajstić information content (AvgIpc) is 3.18. The third-order valence-corrected chi connectivity index (χ3v) is 6.82. The van der Waals surface area contributed by atoms with Crippen LogP contribution in [-0.2, 0) is 20.6 Å². The fourth-order valence-electron chi connectivity index (χ4n) is 3.94. The molecule has 2 saturated heterocycles. The molecule has 5 rings (SSSR count). The molecular weight excluding hydrogens is 442 g/mol. The van der Waals surface area contributed by atoms with Crippen LogP contribution in [0.15, 0.2) is 36.4 Å². The molecular formula is C24H26BFN2O6. The van der Waals surface area contributed by atoms with Gasteiger partial charge in [0, 0.05) is 6.61 Å². The zero-order valence-corrected chi connectivity index (χ0v) is 19.5. The zero-order chi connectivity index (χ0) is 24.3. The minimum Gasteiger partial charge on any atom is -0.478 e. The predicted molar refractivity (Wildman–Crippen MR) is 123 cm³/mol. The molecule has 2 aliphatic rings. The van der Waals surface area contributed by atoms with E-state index >= 15 is 4.39 Å². The van der Waals surface area contributed by atoms with Gasteiger partial charge in [0.2, 0.25) is 0 Å². The van der Waals surface area contributed by atoms with Crippen molar-refractivity contribution in [3.8, 4) is 11.8 Å². The Morgan fingerprint density at radius 3 is 2.50 bits per heavy atom. The van der Waals surface area contributed by atoms with Gasteiger partial charge in [0.15, 0.2) is 11.6 Å². The number of carboxylic acid groups (broad SMARTS) is 1. The number of carbonyl (C=O) groups is 1. The van der Waals surface area contributed by atoms with Crippen molar-refractivity contribution in [2.45, 2.75) is 58.0 Å². The summed E-state index contributed by atoms with van der Waals surface area (Å²) < 4.78 is 40.3. The molecule has 0 saturated carbocycles. The predicted octanol–water partition coefficient (Wildman–Crippen LogP) is 3.75. The highest BCUT2D eigenvalue weighted by Crippen LogP contribution is 2.37. The van der Waals surface area contributed by atoms with Crippen molar-refractivity contribution in [1.82, 2.24) is 9.55 Å². The molecule has 0 bridgehead atoms. The van der Waals surface area contributed by atoms with Gasteiger partial charge in [-0.1, -0.05) is 6.07 Å². The highest BCUT2D eigenvalue weighted by molar-refractivity contribution is 6.62. The van der Waals surface area contributed by atoms with Gasteiger partial charge in [0.25, 0.3) is 0 Å². The van der Waals surface area contributed by atoms with E-state index in [1.807, 2.05) is 27.7 Å². The summed E-state index contributed by atoms with van der Waals surface area (Å²) in [5, 5.41) is 9.38. The Balaban J connectivity index is 1.45. The molecule has 10 heteroatoms. The Morgan fingerprint density at radius 2 is 1.91 bits per heavy atom. The number of hydrogen-bond donors (Lipinski definition) is 1. The second-order valence-corrected chi connectivity index (χ2v) is 9.68. The maximum Gasteiger partial charge on any atom is 0.494 e. The second-order valence-electron chi connectivity index (χ2n) is 9.68. The van der Waals surface area contributed by atoms with Crippen LogP contribution in [0.3, 0.4) is 0 Å². The first-order valence-corrected chi connectivity index (χ1v) is 11.2. The number of hydrogen-bond acceptors (Lipinski definition) is 6. The summed E-state index contributed by atoms with van der Waals surface area (Å²) in [6, 6.07) is 9.34. The highest BCUT2D eigenvalue weighted by Gasteiger charge is 2.51. The van der Waals surface area contributed by atoms with Crippen molar-refractivity contribution < 1.29 is 33.1 Å². The van der Waals surface area contributed by atoms with Crippen LogP contribution in [0.4, 0.5) is 4.39 Å². The van der Waals surface area contributed by atoms with E-state index in [0.717, 1.165) is 6.42 Å². The molecule has 1 atom stereocenters. The molecule has 1 N–H and O–H groups in total. The number of imidazole rings is 1. The first-order chi connectivity index (χ1) is 16.0. The molecule has 0 amide bonds. The molecule has 0 radical (unpaired) electrons. The summed E-state index contributed by atoms with van der Waals surface area (Å²) in [5.41, 5.74) is 0.742. The summed E-state index contributed by atoms with van der Waals surface area (Å²) >= 11 is 0. The van der Waals surface area contributed by atoms with Gasteiger partial charge in [-0.25, -0.2) is 9.18 Å². The molecule has 1 aromatic heterocycles. The molecule has 0 spiro atoms. The number of fused-ring (bicyclic) bond motifs is 1. The Hall–Kier alpha value is -2.95. The molecule has 3 aromatic rings.